The summed E-state index contributed by atoms with van der Waals surface area (Å²) in [5.74, 6) is -0.0299. The van der Waals surface area contributed by atoms with Crippen molar-refractivity contribution in [2.24, 2.45) is 7.05 Å². The molecule has 3 N–H and O–H groups in total. The normalized spacial score (nSPS) is 10.4. The van der Waals surface area contributed by atoms with Gasteiger partial charge in [0.05, 0.1) is 11.4 Å². The van der Waals surface area contributed by atoms with Crippen LogP contribution < -0.4 is 11.1 Å². The van der Waals surface area contributed by atoms with Crippen molar-refractivity contribution in [1.29, 1.82) is 0 Å². The van der Waals surface area contributed by atoms with Crippen molar-refractivity contribution in [3.05, 3.63) is 23.7 Å². The highest BCUT2D eigenvalue weighted by Gasteiger charge is 2.18. The topological polar surface area (TPSA) is 99.0 Å². The molecule has 2 aromatic rings. The van der Waals surface area contributed by atoms with Gasteiger partial charge in [-0.15, -0.1) is 0 Å². The Labute approximate surface area is 91.2 Å². The summed E-state index contributed by atoms with van der Waals surface area (Å²) in [5, 5.41) is 10.2. The maximum absolute atomic E-state index is 11.8. The number of carbonyl (C=O) groups is 1. The van der Waals surface area contributed by atoms with Gasteiger partial charge in [0, 0.05) is 13.1 Å². The van der Waals surface area contributed by atoms with Crippen LogP contribution in [0.1, 0.15) is 16.2 Å². The summed E-state index contributed by atoms with van der Waals surface area (Å²) in [4.78, 5) is 11.8. The molecule has 2 aromatic heterocycles. The first-order chi connectivity index (χ1) is 7.59. The number of hydrogen-bond donors (Lipinski definition) is 2. The smallest absolute Gasteiger partial charge is 0.277 e. The highest BCUT2D eigenvalue weighted by molar-refractivity contribution is 6.06. The number of nitrogens with zero attached hydrogens (tertiary/aromatic N) is 3. The van der Waals surface area contributed by atoms with Gasteiger partial charge < -0.3 is 15.6 Å². The van der Waals surface area contributed by atoms with Crippen molar-refractivity contribution < 1.29 is 9.32 Å². The molecule has 0 radical (unpaired) electrons. The van der Waals surface area contributed by atoms with Gasteiger partial charge in [0.2, 0.25) is 0 Å². The molecule has 0 saturated heterocycles. The number of hydrogen-bond acceptors (Lipinski definition) is 5. The van der Waals surface area contributed by atoms with Crippen LogP contribution in [0.25, 0.3) is 0 Å². The number of nitrogen functional groups attached to an aromatic ring is 1. The van der Waals surface area contributed by atoms with Crippen LogP contribution in [0.15, 0.2) is 16.9 Å². The van der Waals surface area contributed by atoms with E-state index in [4.69, 9.17) is 5.73 Å². The van der Waals surface area contributed by atoms with Gasteiger partial charge in [-0.3, -0.25) is 9.48 Å². The highest BCUT2D eigenvalue weighted by atomic mass is 16.5. The number of nitrogens with two attached hydrogens (primary N) is 1. The fourth-order valence-corrected chi connectivity index (χ4v) is 1.40. The van der Waals surface area contributed by atoms with Crippen LogP contribution in [0.2, 0.25) is 0 Å². The molecule has 7 heteroatoms. The van der Waals surface area contributed by atoms with Gasteiger partial charge in [-0.2, -0.15) is 5.10 Å². The molecule has 0 bridgehead atoms. The number of aromatic nitrogens is 3. The quantitative estimate of drug-likeness (QED) is 0.771. The monoisotopic (exact) mass is 221 g/mol. The Morgan fingerprint density at radius 3 is 2.88 bits per heavy atom. The minimum atomic E-state index is -0.366. The number of anilines is 2. The van der Waals surface area contributed by atoms with E-state index in [1.165, 1.54) is 17.0 Å². The predicted octanol–water partition coefficient (Wildman–Crippen LogP) is 0.551. The van der Waals surface area contributed by atoms with Crippen molar-refractivity contribution in [3.8, 4) is 0 Å². The molecule has 0 aliphatic heterocycles. The van der Waals surface area contributed by atoms with Crippen LogP contribution in [0.5, 0.6) is 0 Å². The lowest BCUT2D eigenvalue weighted by molar-refractivity contribution is 0.101. The van der Waals surface area contributed by atoms with Gasteiger partial charge in [0.15, 0.2) is 5.82 Å². The van der Waals surface area contributed by atoms with Crippen molar-refractivity contribution >= 4 is 17.4 Å². The number of nitrogens with one attached hydrogen (secondary N) is 1. The molecule has 0 fully saturated rings. The van der Waals surface area contributed by atoms with E-state index < -0.39 is 0 Å². The molecule has 2 heterocycles. The number of aryl methyl sites for hydroxylation is 2. The van der Waals surface area contributed by atoms with Gasteiger partial charge in [0.1, 0.15) is 12.0 Å². The Morgan fingerprint density at radius 1 is 1.62 bits per heavy atom. The Balaban J connectivity index is 2.27. The molecular weight excluding hydrogens is 210 g/mol. The zero-order valence-corrected chi connectivity index (χ0v) is 8.89. The summed E-state index contributed by atoms with van der Waals surface area (Å²) in [6, 6.07) is 1.54. The molecule has 84 valence electrons. The van der Waals surface area contributed by atoms with E-state index in [-0.39, 0.29) is 5.91 Å². The molecule has 0 spiro atoms. The SMILES string of the molecule is Cc1nn(C)c(C(=O)Nc2ccon2)c1N. The average molecular weight is 221 g/mol. The first-order valence-corrected chi connectivity index (χ1v) is 4.60. The van der Waals surface area contributed by atoms with Crippen LogP contribution in [0, 0.1) is 6.92 Å². The van der Waals surface area contributed by atoms with E-state index >= 15 is 0 Å². The molecular formula is C9H11N5O2. The van der Waals surface area contributed by atoms with Crippen molar-refractivity contribution in [2.45, 2.75) is 6.92 Å². The molecule has 0 atom stereocenters. The van der Waals surface area contributed by atoms with E-state index in [1.54, 1.807) is 14.0 Å². The highest BCUT2D eigenvalue weighted by Crippen LogP contribution is 2.16. The zero-order valence-electron chi connectivity index (χ0n) is 8.89. The van der Waals surface area contributed by atoms with Crippen molar-refractivity contribution in [3.63, 3.8) is 0 Å². The molecule has 1 amide bonds. The average Bonchev–Trinajstić information content (AvgIpc) is 2.77. The van der Waals surface area contributed by atoms with Crippen molar-refractivity contribution in [2.75, 3.05) is 11.1 Å². The van der Waals surface area contributed by atoms with E-state index in [1.807, 2.05) is 0 Å². The molecule has 0 aliphatic carbocycles. The molecule has 0 aliphatic rings. The van der Waals surface area contributed by atoms with Crippen LogP contribution >= 0.6 is 0 Å². The van der Waals surface area contributed by atoms with Crippen LogP contribution in [0.3, 0.4) is 0 Å². The third kappa shape index (κ3) is 1.62. The fraction of sp³-hybridized carbons (Fsp3) is 0.222. The zero-order chi connectivity index (χ0) is 11.7. The first-order valence-electron chi connectivity index (χ1n) is 4.60. The second-order valence-corrected chi connectivity index (χ2v) is 3.31. The molecule has 16 heavy (non-hydrogen) atoms. The lowest BCUT2D eigenvalue weighted by atomic mass is 10.3. The van der Waals surface area contributed by atoms with Gasteiger partial charge >= 0.3 is 0 Å². The molecule has 0 unspecified atom stereocenters. The standard InChI is InChI=1S/C9H11N5O2/c1-5-7(10)8(14(2)12-5)9(15)11-6-3-4-16-13-6/h3-4H,10H2,1-2H3,(H,11,13,15). The second kappa shape index (κ2) is 3.69. The van der Waals surface area contributed by atoms with Crippen LogP contribution in [0.4, 0.5) is 11.5 Å². The Bertz CT molecular complexity index is 514. The first kappa shape index (κ1) is 10.2. The van der Waals surface area contributed by atoms with E-state index in [9.17, 15) is 4.79 Å². The maximum atomic E-state index is 11.8. The summed E-state index contributed by atoms with van der Waals surface area (Å²) in [6.45, 7) is 1.74. The van der Waals surface area contributed by atoms with Crippen molar-refractivity contribution in [1.82, 2.24) is 14.9 Å². The second-order valence-electron chi connectivity index (χ2n) is 3.31. The fourth-order valence-electron chi connectivity index (χ4n) is 1.40. The number of amides is 1. The largest absolute Gasteiger partial charge is 0.395 e. The van der Waals surface area contributed by atoms with E-state index in [2.05, 4.69) is 20.1 Å². The minimum absolute atomic E-state index is 0.306. The number of carbonyl (C=O) groups excluding carboxylic acids is 1. The predicted molar refractivity (Wildman–Crippen MR) is 56.8 cm³/mol. The Morgan fingerprint density at radius 2 is 2.38 bits per heavy atom. The molecule has 0 aromatic carbocycles. The summed E-state index contributed by atoms with van der Waals surface area (Å²) in [6.07, 6.45) is 1.37. The third-order valence-electron chi connectivity index (χ3n) is 2.16. The van der Waals surface area contributed by atoms with Gasteiger partial charge in [-0.05, 0) is 6.92 Å². The number of rotatable bonds is 2. The lowest BCUT2D eigenvalue weighted by Gasteiger charge is -2.02. The van der Waals surface area contributed by atoms with Crippen LogP contribution in [-0.4, -0.2) is 20.8 Å². The van der Waals surface area contributed by atoms with E-state index in [0.717, 1.165) is 0 Å². The summed E-state index contributed by atoms with van der Waals surface area (Å²) < 4.78 is 6.03. The Kier molecular flexibility index (Phi) is 2.35. The van der Waals surface area contributed by atoms with Gasteiger partial charge in [-0.25, -0.2) is 0 Å². The van der Waals surface area contributed by atoms with E-state index in [0.29, 0.717) is 22.9 Å². The third-order valence-corrected chi connectivity index (χ3v) is 2.16. The van der Waals surface area contributed by atoms with Gasteiger partial charge in [-0.1, -0.05) is 5.16 Å². The molecule has 0 saturated carbocycles. The van der Waals surface area contributed by atoms with Gasteiger partial charge in [0.25, 0.3) is 5.91 Å². The Hall–Kier alpha value is -2.31. The summed E-state index contributed by atoms with van der Waals surface area (Å²) in [7, 11) is 1.65. The lowest BCUT2D eigenvalue weighted by Crippen LogP contribution is -2.17. The molecule has 7 nitrogen and oxygen atoms in total. The summed E-state index contributed by atoms with van der Waals surface area (Å²) in [5.41, 5.74) is 7.03. The maximum Gasteiger partial charge on any atom is 0.277 e. The molecule has 2 rings (SSSR count). The minimum Gasteiger partial charge on any atom is -0.395 e. The van der Waals surface area contributed by atoms with Crippen LogP contribution in [-0.2, 0) is 7.05 Å². The summed E-state index contributed by atoms with van der Waals surface area (Å²) >= 11 is 0.